The predicted octanol–water partition coefficient (Wildman–Crippen LogP) is 1.67. The monoisotopic (exact) mass is 251 g/mol. The molecule has 0 spiro atoms. The molecule has 0 aliphatic heterocycles. The smallest absolute Gasteiger partial charge is 0.429 e. The molecule has 0 saturated carbocycles. The third-order valence-electron chi connectivity index (χ3n) is 1.97. The Balaban J connectivity index is 3.31. The average molecular weight is 251 g/mol. The second-order valence-electron chi connectivity index (χ2n) is 2.97. The summed E-state index contributed by atoms with van der Waals surface area (Å²) in [6.45, 7) is 0. The highest BCUT2D eigenvalue weighted by atomic mass is 19.3. The highest BCUT2D eigenvalue weighted by molar-refractivity contribution is 6.16. The molecule has 1 N–H and O–H groups in total. The molecule has 0 aromatic carbocycles. The molecule has 0 heterocycles. The highest BCUT2D eigenvalue weighted by Gasteiger charge is 2.81. The van der Waals surface area contributed by atoms with Gasteiger partial charge in [-0.2, -0.15) is 26.3 Å². The Bertz CT molecular complexity index is 318. The zero-order valence-corrected chi connectivity index (χ0v) is 7.23. The van der Waals surface area contributed by atoms with E-state index in [0.717, 1.165) is 0 Å². The van der Waals surface area contributed by atoms with Crippen LogP contribution in [0.4, 0.5) is 30.7 Å². The van der Waals surface area contributed by atoms with Crippen molar-refractivity contribution in [3.8, 4) is 0 Å². The van der Waals surface area contributed by atoms with Gasteiger partial charge in [0.1, 0.15) is 0 Å². The van der Waals surface area contributed by atoms with E-state index in [2.05, 4.69) is 4.65 Å². The molecule has 10 heteroatoms. The van der Waals surface area contributed by atoms with Crippen molar-refractivity contribution in [2.24, 2.45) is 0 Å². The largest absolute Gasteiger partial charge is 0.487 e. The molecular weight excluding hydrogens is 248 g/mol. The number of rotatable bonds is 2. The third-order valence-corrected chi connectivity index (χ3v) is 1.97. The molecule has 0 bridgehead atoms. The lowest BCUT2D eigenvalue weighted by Crippen LogP contribution is -2.66. The van der Waals surface area contributed by atoms with Crippen LogP contribution in [0.1, 0.15) is 0 Å². The van der Waals surface area contributed by atoms with Gasteiger partial charge in [-0.1, -0.05) is 0 Å². The predicted molar refractivity (Wildman–Crippen MR) is 36.9 cm³/mol. The van der Waals surface area contributed by atoms with Crippen LogP contribution in [0.3, 0.4) is 0 Å². The fraction of sp³-hybridized carbons (Fsp3) is 0.667. The molecule has 0 amide bonds. The van der Waals surface area contributed by atoms with Gasteiger partial charge in [0.15, 0.2) is 0 Å². The number of alkyl halides is 7. The van der Waals surface area contributed by atoms with Crippen LogP contribution >= 0.6 is 0 Å². The maximum absolute atomic E-state index is 13.1. The maximum Gasteiger partial charge on any atom is 0.487 e. The number of allylic oxidation sites excluding steroid dienone is 1. The van der Waals surface area contributed by atoms with Gasteiger partial charge in [-0.15, -0.1) is 0 Å². The summed E-state index contributed by atoms with van der Waals surface area (Å²) >= 11 is 0. The summed E-state index contributed by atoms with van der Waals surface area (Å²) in [4.78, 5) is 0. The number of halogens is 7. The maximum atomic E-state index is 13.1. The van der Waals surface area contributed by atoms with Crippen LogP contribution in [0, 0.1) is 0 Å². The van der Waals surface area contributed by atoms with Crippen LogP contribution in [0.2, 0.25) is 0 Å². The summed E-state index contributed by atoms with van der Waals surface area (Å²) in [5.41, 5.74) is 0. The summed E-state index contributed by atoms with van der Waals surface area (Å²) in [5, 5.41) is 7.93. The van der Waals surface area contributed by atoms with Gasteiger partial charge in [-0.05, 0) is 12.2 Å². The molecule has 0 aromatic heterocycles. The van der Waals surface area contributed by atoms with Crippen molar-refractivity contribution in [1.82, 2.24) is 0 Å². The van der Waals surface area contributed by atoms with E-state index in [1.807, 2.05) is 0 Å². The van der Waals surface area contributed by atoms with Gasteiger partial charge in [0.05, 0.1) is 0 Å². The molecule has 91 valence electrons. The lowest BCUT2D eigenvalue weighted by Gasteiger charge is -2.41. The Kier molecular flexibility index (Phi) is 2.79. The van der Waals surface area contributed by atoms with Crippen molar-refractivity contribution < 1.29 is 40.4 Å². The first-order valence-electron chi connectivity index (χ1n) is 3.68. The Morgan fingerprint density at radius 2 is 1.38 bits per heavy atom. The fourth-order valence-corrected chi connectivity index (χ4v) is 1.03. The number of hydrogen-bond acceptors (Lipinski definition) is 2. The van der Waals surface area contributed by atoms with Crippen LogP contribution in [0.5, 0.6) is 0 Å². The van der Waals surface area contributed by atoms with Crippen molar-refractivity contribution >= 4 is 7.69 Å². The third kappa shape index (κ3) is 1.43. The van der Waals surface area contributed by atoms with Crippen LogP contribution in [0.25, 0.3) is 0 Å². The molecule has 1 atom stereocenters. The Labute approximate surface area is 85.0 Å². The first-order chi connectivity index (χ1) is 7.02. The van der Waals surface area contributed by atoms with Gasteiger partial charge < -0.3 is 9.68 Å². The van der Waals surface area contributed by atoms with Gasteiger partial charge in [0, 0.05) is 0 Å². The van der Waals surface area contributed by atoms with E-state index in [-0.39, 0.29) is 0 Å². The summed E-state index contributed by atoms with van der Waals surface area (Å²) in [6.07, 6.45) is -1.31. The molecule has 2 nitrogen and oxygen atoms in total. The van der Waals surface area contributed by atoms with E-state index in [4.69, 9.17) is 5.02 Å². The second kappa shape index (κ2) is 3.36. The van der Waals surface area contributed by atoms with Crippen LogP contribution in [-0.2, 0) is 4.65 Å². The minimum atomic E-state index is -5.98. The number of hydrogen-bond donors (Lipinski definition) is 1. The topological polar surface area (TPSA) is 29.5 Å². The highest BCUT2D eigenvalue weighted by Crippen LogP contribution is 2.56. The Morgan fingerprint density at radius 3 is 1.81 bits per heavy atom. The van der Waals surface area contributed by atoms with E-state index in [9.17, 15) is 30.7 Å². The minimum Gasteiger partial charge on any atom is -0.429 e. The van der Waals surface area contributed by atoms with Crippen molar-refractivity contribution in [3.63, 3.8) is 0 Å². The van der Waals surface area contributed by atoms with Gasteiger partial charge in [0.25, 0.3) is 5.85 Å². The zero-order chi connectivity index (χ0) is 12.8. The Morgan fingerprint density at radius 1 is 0.875 bits per heavy atom. The van der Waals surface area contributed by atoms with Crippen LogP contribution < -0.4 is 0 Å². The first kappa shape index (κ1) is 13.3. The molecule has 1 radical (unpaired) electrons. The fourth-order valence-electron chi connectivity index (χ4n) is 1.03. The summed E-state index contributed by atoms with van der Waals surface area (Å²) in [7, 11) is -0.627. The van der Waals surface area contributed by atoms with Gasteiger partial charge in [-0.3, -0.25) is 0 Å². The second-order valence-corrected chi connectivity index (χ2v) is 2.97. The minimum absolute atomic E-state index is 0.572. The van der Waals surface area contributed by atoms with E-state index >= 15 is 0 Å². The normalized spacial score (nSPS) is 34.8. The van der Waals surface area contributed by atoms with E-state index in [1.54, 1.807) is 0 Å². The molecule has 0 aromatic rings. The first-order valence-corrected chi connectivity index (χ1v) is 3.68. The summed E-state index contributed by atoms with van der Waals surface area (Å²) in [6, 6.07) is 0. The SMILES string of the molecule is O[B]OC1(F)C=CC(F)(F)C(F)(F)C1(F)F. The van der Waals surface area contributed by atoms with E-state index < -0.39 is 43.5 Å². The molecule has 0 saturated heterocycles. The molecular formula is C6H3BF7O2. The van der Waals surface area contributed by atoms with Crippen molar-refractivity contribution in [2.45, 2.75) is 23.6 Å². The lowest BCUT2D eigenvalue weighted by molar-refractivity contribution is -0.362. The van der Waals surface area contributed by atoms with Gasteiger partial charge in [-0.25, -0.2) is 4.39 Å². The van der Waals surface area contributed by atoms with Crippen molar-refractivity contribution in [3.05, 3.63) is 12.2 Å². The molecule has 0 fully saturated rings. The molecule has 1 unspecified atom stereocenters. The standard InChI is InChI=1S/C6H3BF7O2/c8-3(9)1-2-4(10,16-7-15)6(13,14)5(3,11)12/h1-2,15H. The Hall–Kier alpha value is -0.765. The van der Waals surface area contributed by atoms with E-state index in [0.29, 0.717) is 0 Å². The molecule has 16 heavy (non-hydrogen) atoms. The van der Waals surface area contributed by atoms with Gasteiger partial charge >= 0.3 is 25.5 Å². The van der Waals surface area contributed by atoms with Gasteiger partial charge in [0.2, 0.25) is 0 Å². The molecule has 1 rings (SSSR count). The summed E-state index contributed by atoms with van der Waals surface area (Å²) < 4.78 is 92.1. The summed E-state index contributed by atoms with van der Waals surface area (Å²) in [5.74, 6) is -21.6. The van der Waals surface area contributed by atoms with Crippen LogP contribution in [0.15, 0.2) is 12.2 Å². The molecule has 1 aliphatic carbocycles. The zero-order valence-electron chi connectivity index (χ0n) is 7.23. The van der Waals surface area contributed by atoms with Crippen molar-refractivity contribution in [1.29, 1.82) is 0 Å². The van der Waals surface area contributed by atoms with Crippen molar-refractivity contribution in [2.75, 3.05) is 0 Å². The average Bonchev–Trinajstić information content (AvgIpc) is 2.13. The lowest BCUT2D eigenvalue weighted by atomic mass is 9.90. The molecule has 1 aliphatic rings. The quantitative estimate of drug-likeness (QED) is 0.459. The van der Waals surface area contributed by atoms with Crippen LogP contribution in [-0.4, -0.2) is 36.3 Å². The van der Waals surface area contributed by atoms with E-state index in [1.165, 1.54) is 0 Å².